The van der Waals surface area contributed by atoms with E-state index in [1.165, 1.54) is 0 Å². The van der Waals surface area contributed by atoms with Crippen LogP contribution in [0.2, 0.25) is 0 Å². The number of ether oxygens (including phenoxy) is 1. The molecule has 1 rings (SSSR count). The van der Waals surface area contributed by atoms with E-state index in [9.17, 15) is 4.79 Å². The molecule has 1 heterocycles. The largest absolute Gasteiger partial charge is 0.378 e. The average Bonchev–Trinajstić information content (AvgIpc) is 2.04. The van der Waals surface area contributed by atoms with Crippen molar-refractivity contribution in [1.82, 2.24) is 5.48 Å². The Bertz CT molecular complexity index is 149. The van der Waals surface area contributed by atoms with Gasteiger partial charge in [-0.1, -0.05) is 0 Å². The van der Waals surface area contributed by atoms with Crippen molar-refractivity contribution in [2.75, 3.05) is 6.61 Å². The third-order valence-corrected chi connectivity index (χ3v) is 2.05. The van der Waals surface area contributed by atoms with Gasteiger partial charge in [0, 0.05) is 6.61 Å². The van der Waals surface area contributed by atoms with E-state index in [0.717, 1.165) is 19.4 Å². The number of carbonyl (C=O) groups excluding carboxylic acids is 1. The van der Waals surface area contributed by atoms with Crippen molar-refractivity contribution < 1.29 is 14.7 Å². The standard InChI is InChI=1S/C7H13NO3/c1-5-6(7(9)8-10)3-2-4-11-5/h5-6,10H,2-4H2,1H3,(H,8,9). The molecule has 4 heteroatoms. The van der Waals surface area contributed by atoms with Crippen LogP contribution in [0.4, 0.5) is 0 Å². The van der Waals surface area contributed by atoms with Crippen molar-refractivity contribution in [3.63, 3.8) is 0 Å². The third kappa shape index (κ3) is 1.91. The normalized spacial score (nSPS) is 31.5. The van der Waals surface area contributed by atoms with Gasteiger partial charge < -0.3 is 4.74 Å². The summed E-state index contributed by atoms with van der Waals surface area (Å²) in [7, 11) is 0. The molecular weight excluding hydrogens is 146 g/mol. The first-order chi connectivity index (χ1) is 5.25. The van der Waals surface area contributed by atoms with Crippen LogP contribution in [0.15, 0.2) is 0 Å². The summed E-state index contributed by atoms with van der Waals surface area (Å²) < 4.78 is 5.24. The summed E-state index contributed by atoms with van der Waals surface area (Å²) in [4.78, 5) is 10.9. The van der Waals surface area contributed by atoms with Gasteiger partial charge in [-0.15, -0.1) is 0 Å². The fourth-order valence-corrected chi connectivity index (χ4v) is 1.35. The Morgan fingerprint density at radius 1 is 1.73 bits per heavy atom. The van der Waals surface area contributed by atoms with Crippen LogP contribution in [-0.4, -0.2) is 23.8 Å². The van der Waals surface area contributed by atoms with E-state index in [1.54, 1.807) is 5.48 Å². The summed E-state index contributed by atoms with van der Waals surface area (Å²) in [5.74, 6) is -0.522. The fourth-order valence-electron chi connectivity index (χ4n) is 1.35. The van der Waals surface area contributed by atoms with Gasteiger partial charge in [0.2, 0.25) is 5.91 Å². The minimum absolute atomic E-state index is 0.0732. The molecule has 2 unspecified atom stereocenters. The molecular formula is C7H13NO3. The minimum Gasteiger partial charge on any atom is -0.378 e. The molecule has 4 nitrogen and oxygen atoms in total. The predicted molar refractivity (Wildman–Crippen MR) is 38.1 cm³/mol. The Balaban J connectivity index is 2.47. The molecule has 1 aliphatic heterocycles. The van der Waals surface area contributed by atoms with E-state index in [0.29, 0.717) is 0 Å². The van der Waals surface area contributed by atoms with Gasteiger partial charge in [-0.25, -0.2) is 5.48 Å². The van der Waals surface area contributed by atoms with Gasteiger partial charge in [0.05, 0.1) is 12.0 Å². The summed E-state index contributed by atoms with van der Waals surface area (Å²) >= 11 is 0. The molecule has 1 amide bonds. The van der Waals surface area contributed by atoms with Gasteiger partial charge in [-0.3, -0.25) is 10.0 Å². The van der Waals surface area contributed by atoms with E-state index < -0.39 is 0 Å². The highest BCUT2D eigenvalue weighted by atomic mass is 16.5. The van der Waals surface area contributed by atoms with Gasteiger partial charge >= 0.3 is 0 Å². The molecule has 0 aromatic carbocycles. The van der Waals surface area contributed by atoms with Crippen LogP contribution >= 0.6 is 0 Å². The van der Waals surface area contributed by atoms with Crippen LogP contribution in [0.1, 0.15) is 19.8 Å². The second-order valence-corrected chi connectivity index (χ2v) is 2.80. The van der Waals surface area contributed by atoms with E-state index in [-0.39, 0.29) is 17.9 Å². The average molecular weight is 159 g/mol. The lowest BCUT2D eigenvalue weighted by Gasteiger charge is -2.26. The quantitative estimate of drug-likeness (QED) is 0.427. The van der Waals surface area contributed by atoms with Crippen molar-refractivity contribution in [2.45, 2.75) is 25.9 Å². The van der Waals surface area contributed by atoms with Gasteiger partial charge in [0.1, 0.15) is 0 Å². The Labute approximate surface area is 65.5 Å². The fraction of sp³-hybridized carbons (Fsp3) is 0.857. The molecule has 0 aromatic heterocycles. The lowest BCUT2D eigenvalue weighted by molar-refractivity contribution is -0.141. The highest BCUT2D eigenvalue weighted by Crippen LogP contribution is 2.19. The number of hydrogen-bond acceptors (Lipinski definition) is 3. The predicted octanol–water partition coefficient (Wildman–Crippen LogP) is 0.307. The van der Waals surface area contributed by atoms with Crippen molar-refractivity contribution in [2.24, 2.45) is 5.92 Å². The second-order valence-electron chi connectivity index (χ2n) is 2.80. The molecule has 0 saturated carbocycles. The van der Waals surface area contributed by atoms with Gasteiger partial charge in [0.25, 0.3) is 0 Å². The maximum absolute atomic E-state index is 10.9. The zero-order valence-corrected chi connectivity index (χ0v) is 6.54. The Morgan fingerprint density at radius 2 is 2.45 bits per heavy atom. The smallest absolute Gasteiger partial charge is 0.249 e. The molecule has 1 saturated heterocycles. The summed E-state index contributed by atoms with van der Waals surface area (Å²) in [5, 5.41) is 8.35. The van der Waals surface area contributed by atoms with E-state index in [2.05, 4.69) is 0 Å². The summed E-state index contributed by atoms with van der Waals surface area (Å²) in [6.07, 6.45) is 1.62. The third-order valence-electron chi connectivity index (χ3n) is 2.05. The Hall–Kier alpha value is -0.610. The van der Waals surface area contributed by atoms with Gasteiger partial charge in [-0.05, 0) is 19.8 Å². The molecule has 64 valence electrons. The van der Waals surface area contributed by atoms with E-state index in [1.807, 2.05) is 6.92 Å². The number of hydrogen-bond donors (Lipinski definition) is 2. The first-order valence-electron chi connectivity index (χ1n) is 3.81. The van der Waals surface area contributed by atoms with Crippen LogP contribution in [0.5, 0.6) is 0 Å². The molecule has 2 atom stereocenters. The van der Waals surface area contributed by atoms with Crippen molar-refractivity contribution in [3.05, 3.63) is 0 Å². The number of nitrogens with one attached hydrogen (secondary N) is 1. The zero-order chi connectivity index (χ0) is 8.27. The summed E-state index contributed by atoms with van der Waals surface area (Å²) in [5.41, 5.74) is 1.65. The van der Waals surface area contributed by atoms with Crippen LogP contribution in [0.3, 0.4) is 0 Å². The number of rotatable bonds is 1. The second kappa shape index (κ2) is 3.69. The first kappa shape index (κ1) is 8.49. The summed E-state index contributed by atoms with van der Waals surface area (Å²) in [6.45, 7) is 2.56. The van der Waals surface area contributed by atoms with Crippen molar-refractivity contribution in [3.8, 4) is 0 Å². The topological polar surface area (TPSA) is 58.6 Å². The maximum atomic E-state index is 10.9. The molecule has 1 fully saturated rings. The van der Waals surface area contributed by atoms with Crippen LogP contribution in [0, 0.1) is 5.92 Å². The monoisotopic (exact) mass is 159 g/mol. The lowest BCUT2D eigenvalue weighted by atomic mass is 9.95. The molecule has 0 bridgehead atoms. The molecule has 1 aliphatic rings. The molecule has 0 radical (unpaired) electrons. The molecule has 2 N–H and O–H groups in total. The van der Waals surface area contributed by atoms with Crippen LogP contribution in [0.25, 0.3) is 0 Å². The van der Waals surface area contributed by atoms with Crippen LogP contribution in [-0.2, 0) is 9.53 Å². The Morgan fingerprint density at radius 3 is 3.00 bits per heavy atom. The van der Waals surface area contributed by atoms with E-state index >= 15 is 0 Å². The number of hydroxylamine groups is 1. The molecule has 11 heavy (non-hydrogen) atoms. The lowest BCUT2D eigenvalue weighted by Crippen LogP contribution is -2.38. The minimum atomic E-state index is -0.336. The Kier molecular flexibility index (Phi) is 2.84. The van der Waals surface area contributed by atoms with Gasteiger partial charge in [-0.2, -0.15) is 0 Å². The van der Waals surface area contributed by atoms with Gasteiger partial charge in [0.15, 0.2) is 0 Å². The highest BCUT2D eigenvalue weighted by molar-refractivity contribution is 5.78. The molecule has 0 spiro atoms. The maximum Gasteiger partial charge on any atom is 0.249 e. The van der Waals surface area contributed by atoms with E-state index in [4.69, 9.17) is 9.94 Å². The number of amides is 1. The van der Waals surface area contributed by atoms with Crippen molar-refractivity contribution >= 4 is 5.91 Å². The first-order valence-corrected chi connectivity index (χ1v) is 3.81. The zero-order valence-electron chi connectivity index (χ0n) is 6.54. The molecule has 0 aliphatic carbocycles. The van der Waals surface area contributed by atoms with Crippen molar-refractivity contribution in [1.29, 1.82) is 0 Å². The highest BCUT2D eigenvalue weighted by Gasteiger charge is 2.28. The molecule has 0 aromatic rings. The van der Waals surface area contributed by atoms with Crippen LogP contribution < -0.4 is 5.48 Å². The SMILES string of the molecule is CC1OCCCC1C(=O)NO. The summed E-state index contributed by atoms with van der Waals surface area (Å²) in [6, 6.07) is 0. The number of carbonyl (C=O) groups is 1.